The van der Waals surface area contributed by atoms with E-state index >= 15 is 0 Å². The minimum atomic E-state index is -3.70. The van der Waals surface area contributed by atoms with Crippen molar-refractivity contribution in [2.75, 3.05) is 22.7 Å². The molecule has 3 aromatic carbocycles. The van der Waals surface area contributed by atoms with Crippen molar-refractivity contribution in [3.05, 3.63) is 89.5 Å². The van der Waals surface area contributed by atoms with Crippen LogP contribution in [0.25, 0.3) is 0 Å². The maximum atomic E-state index is 12.5. The van der Waals surface area contributed by atoms with Crippen molar-refractivity contribution in [3.8, 4) is 0 Å². The first-order chi connectivity index (χ1) is 15.8. The Bertz CT molecular complexity index is 1200. The lowest BCUT2D eigenvalue weighted by molar-refractivity contribution is 0.0955. The van der Waals surface area contributed by atoms with Gasteiger partial charge in [0.05, 0.1) is 11.1 Å². The largest absolute Gasteiger partial charge is 0.372 e. The van der Waals surface area contributed by atoms with Gasteiger partial charge in [0.1, 0.15) is 0 Å². The van der Waals surface area contributed by atoms with Crippen LogP contribution in [0.5, 0.6) is 0 Å². The summed E-state index contributed by atoms with van der Waals surface area (Å²) >= 11 is 0. The number of anilines is 2. The Morgan fingerprint density at radius 2 is 1.52 bits per heavy atom. The predicted octanol–water partition coefficient (Wildman–Crippen LogP) is 4.41. The molecule has 0 saturated heterocycles. The van der Waals surface area contributed by atoms with Crippen LogP contribution in [-0.4, -0.2) is 33.6 Å². The van der Waals surface area contributed by atoms with Gasteiger partial charge in [-0.3, -0.25) is 9.52 Å². The van der Waals surface area contributed by atoms with Crippen molar-refractivity contribution in [2.45, 2.75) is 25.7 Å². The van der Waals surface area contributed by atoms with Gasteiger partial charge in [0.2, 0.25) is 0 Å². The third-order valence-electron chi connectivity index (χ3n) is 5.13. The highest BCUT2D eigenvalue weighted by molar-refractivity contribution is 7.92. The molecule has 0 fully saturated rings. The molecule has 0 heterocycles. The molecular formula is C25H28N4O3S. The first-order valence-corrected chi connectivity index (χ1v) is 12.2. The van der Waals surface area contributed by atoms with Crippen LogP contribution in [0.2, 0.25) is 0 Å². The number of aryl methyl sites for hydroxylation is 1. The summed E-state index contributed by atoms with van der Waals surface area (Å²) in [5.74, 6) is -0.390. The molecule has 0 bridgehead atoms. The number of hydrazone groups is 1. The summed E-state index contributed by atoms with van der Waals surface area (Å²) < 4.78 is 27.5. The van der Waals surface area contributed by atoms with E-state index in [4.69, 9.17) is 0 Å². The molecule has 3 rings (SSSR count). The average molecular weight is 465 g/mol. The van der Waals surface area contributed by atoms with Crippen molar-refractivity contribution >= 4 is 33.5 Å². The number of benzene rings is 3. The molecule has 0 aromatic heterocycles. The minimum Gasteiger partial charge on any atom is -0.372 e. The van der Waals surface area contributed by atoms with E-state index in [0.29, 0.717) is 11.3 Å². The molecule has 0 atom stereocenters. The maximum absolute atomic E-state index is 12.5. The van der Waals surface area contributed by atoms with Crippen LogP contribution in [0.3, 0.4) is 0 Å². The van der Waals surface area contributed by atoms with Crippen molar-refractivity contribution in [1.29, 1.82) is 0 Å². The van der Waals surface area contributed by atoms with Crippen molar-refractivity contribution in [3.63, 3.8) is 0 Å². The Hall–Kier alpha value is -3.65. The smallest absolute Gasteiger partial charge is 0.271 e. The Labute approximate surface area is 195 Å². The second-order valence-corrected chi connectivity index (χ2v) is 9.14. The van der Waals surface area contributed by atoms with Gasteiger partial charge in [-0.05, 0) is 74.9 Å². The molecule has 0 aliphatic carbocycles. The Morgan fingerprint density at radius 3 is 2.09 bits per heavy atom. The second kappa shape index (κ2) is 10.8. The molecule has 0 aliphatic rings. The summed E-state index contributed by atoms with van der Waals surface area (Å²) in [5.41, 5.74) is 6.20. The first kappa shape index (κ1) is 24.0. The van der Waals surface area contributed by atoms with E-state index in [1.54, 1.807) is 30.5 Å². The lowest BCUT2D eigenvalue weighted by atomic mass is 10.2. The standard InChI is InChI=1S/C25H28N4O3S/c1-4-29(5-2)23-14-8-20(9-15-23)18-26-27-25(30)21-10-12-22(13-11-21)28-33(31,32)24-16-6-19(3)7-17-24/h6-18,28H,4-5H2,1-3H3,(H,27,30). The van der Waals surface area contributed by atoms with E-state index in [9.17, 15) is 13.2 Å². The summed E-state index contributed by atoms with van der Waals surface area (Å²) in [4.78, 5) is 14.8. The van der Waals surface area contributed by atoms with Crippen LogP contribution in [0.1, 0.15) is 35.3 Å². The van der Waals surface area contributed by atoms with Crippen LogP contribution in [-0.2, 0) is 10.0 Å². The molecule has 172 valence electrons. The van der Waals surface area contributed by atoms with Crippen LogP contribution in [0, 0.1) is 6.92 Å². The summed E-state index contributed by atoms with van der Waals surface area (Å²) in [6.07, 6.45) is 1.58. The molecule has 0 aliphatic heterocycles. The van der Waals surface area contributed by atoms with Crippen molar-refractivity contribution < 1.29 is 13.2 Å². The molecule has 7 nitrogen and oxygen atoms in total. The Balaban J connectivity index is 1.58. The summed E-state index contributed by atoms with van der Waals surface area (Å²) in [6.45, 7) is 7.99. The number of nitrogens with one attached hydrogen (secondary N) is 2. The predicted molar refractivity (Wildman–Crippen MR) is 133 cm³/mol. The lowest BCUT2D eigenvalue weighted by Gasteiger charge is -2.20. The summed E-state index contributed by atoms with van der Waals surface area (Å²) in [6, 6.07) is 20.7. The van der Waals surface area contributed by atoms with E-state index in [1.165, 1.54) is 24.3 Å². The zero-order valence-electron chi connectivity index (χ0n) is 18.9. The van der Waals surface area contributed by atoms with Gasteiger partial charge in [0.15, 0.2) is 0 Å². The van der Waals surface area contributed by atoms with Gasteiger partial charge in [-0.2, -0.15) is 5.10 Å². The van der Waals surface area contributed by atoms with Crippen molar-refractivity contribution in [2.24, 2.45) is 5.10 Å². The number of hydrogen-bond donors (Lipinski definition) is 2. The van der Waals surface area contributed by atoms with Crippen LogP contribution < -0.4 is 15.0 Å². The fourth-order valence-electron chi connectivity index (χ4n) is 3.21. The molecule has 2 N–H and O–H groups in total. The number of carbonyl (C=O) groups is 1. The van der Waals surface area contributed by atoms with Gasteiger partial charge in [-0.1, -0.05) is 29.8 Å². The summed E-state index contributed by atoms with van der Waals surface area (Å²) in [7, 11) is -3.70. The molecule has 33 heavy (non-hydrogen) atoms. The average Bonchev–Trinajstić information content (AvgIpc) is 2.81. The fraction of sp³-hybridized carbons (Fsp3) is 0.200. The molecule has 0 radical (unpaired) electrons. The van der Waals surface area contributed by atoms with Crippen molar-refractivity contribution in [1.82, 2.24) is 5.43 Å². The third-order valence-corrected chi connectivity index (χ3v) is 6.53. The van der Waals surface area contributed by atoms with Gasteiger partial charge in [-0.15, -0.1) is 0 Å². The highest BCUT2D eigenvalue weighted by Crippen LogP contribution is 2.17. The van der Waals surface area contributed by atoms with Gasteiger partial charge >= 0.3 is 0 Å². The van der Waals surface area contributed by atoms with E-state index in [2.05, 4.69) is 34.0 Å². The number of carbonyl (C=O) groups excluding carboxylic acids is 1. The van der Waals surface area contributed by atoms with Gasteiger partial charge < -0.3 is 4.90 Å². The monoisotopic (exact) mass is 464 g/mol. The van der Waals surface area contributed by atoms with Crippen LogP contribution in [0.4, 0.5) is 11.4 Å². The molecule has 0 unspecified atom stereocenters. The minimum absolute atomic E-state index is 0.175. The van der Waals surface area contributed by atoms with E-state index in [0.717, 1.165) is 29.9 Å². The fourth-order valence-corrected chi connectivity index (χ4v) is 4.27. The summed E-state index contributed by atoms with van der Waals surface area (Å²) in [5, 5.41) is 4.01. The second-order valence-electron chi connectivity index (χ2n) is 7.46. The maximum Gasteiger partial charge on any atom is 0.271 e. The van der Waals surface area contributed by atoms with Gasteiger partial charge in [-0.25, -0.2) is 13.8 Å². The molecule has 8 heteroatoms. The molecule has 1 amide bonds. The number of amides is 1. The Morgan fingerprint density at radius 1 is 0.909 bits per heavy atom. The highest BCUT2D eigenvalue weighted by atomic mass is 32.2. The van der Waals surface area contributed by atoms with Gasteiger partial charge in [0, 0.05) is 30.0 Å². The molecule has 0 spiro atoms. The van der Waals surface area contributed by atoms with Crippen LogP contribution >= 0.6 is 0 Å². The number of hydrogen-bond acceptors (Lipinski definition) is 5. The number of sulfonamides is 1. The molecule has 3 aromatic rings. The number of nitrogens with zero attached hydrogens (tertiary/aromatic N) is 2. The van der Waals surface area contributed by atoms with Crippen LogP contribution in [0.15, 0.2) is 82.8 Å². The zero-order valence-corrected chi connectivity index (χ0v) is 19.8. The normalized spacial score (nSPS) is 11.4. The zero-order chi connectivity index (χ0) is 23.8. The molecular weight excluding hydrogens is 436 g/mol. The van der Waals surface area contributed by atoms with E-state index < -0.39 is 10.0 Å². The quantitative estimate of drug-likeness (QED) is 0.363. The lowest BCUT2D eigenvalue weighted by Crippen LogP contribution is -2.21. The van der Waals surface area contributed by atoms with Gasteiger partial charge in [0.25, 0.3) is 15.9 Å². The van der Waals surface area contributed by atoms with E-state index in [-0.39, 0.29) is 10.8 Å². The highest BCUT2D eigenvalue weighted by Gasteiger charge is 2.14. The topological polar surface area (TPSA) is 90.9 Å². The van der Waals surface area contributed by atoms with E-state index in [1.807, 2.05) is 31.2 Å². The Kier molecular flexibility index (Phi) is 7.84. The SMILES string of the molecule is CCN(CC)c1ccc(C=NNC(=O)c2ccc(NS(=O)(=O)c3ccc(C)cc3)cc2)cc1. The molecule has 0 saturated carbocycles. The first-order valence-electron chi connectivity index (χ1n) is 10.7. The third kappa shape index (κ3) is 6.43. The number of rotatable bonds is 9.